The number of aliphatic carboxylic acids is 1. The molecule has 1 N–H and O–H groups in total. The first-order valence-electron chi connectivity index (χ1n) is 7.62. The average molecular weight is 298 g/mol. The van der Waals surface area contributed by atoms with Crippen molar-refractivity contribution < 1.29 is 14.6 Å². The Labute approximate surface area is 131 Å². The summed E-state index contributed by atoms with van der Waals surface area (Å²) >= 11 is 0. The van der Waals surface area contributed by atoms with Crippen LogP contribution in [0.1, 0.15) is 36.0 Å². The minimum absolute atomic E-state index is 0.387. The van der Waals surface area contributed by atoms with Crippen LogP contribution >= 0.6 is 0 Å². The maximum Gasteiger partial charge on any atom is 0.311 e. The molecule has 0 saturated carbocycles. The monoisotopic (exact) mass is 298 g/mol. The lowest BCUT2D eigenvalue weighted by Gasteiger charge is -2.16. The van der Waals surface area contributed by atoms with Gasteiger partial charge in [-0.2, -0.15) is 0 Å². The summed E-state index contributed by atoms with van der Waals surface area (Å²) in [4.78, 5) is 11.5. The third-order valence-electron chi connectivity index (χ3n) is 3.84. The number of aryl methyl sites for hydroxylation is 2. The fourth-order valence-corrected chi connectivity index (χ4v) is 2.54. The summed E-state index contributed by atoms with van der Waals surface area (Å²) in [6, 6.07) is 15.5. The Kier molecular flexibility index (Phi) is 5.59. The van der Waals surface area contributed by atoms with Crippen molar-refractivity contribution in [1.82, 2.24) is 0 Å². The molecule has 3 heteroatoms. The molecule has 0 aliphatic carbocycles. The molecular formula is C19H22O3. The van der Waals surface area contributed by atoms with Crippen LogP contribution in [0.3, 0.4) is 0 Å². The third kappa shape index (κ3) is 4.10. The highest BCUT2D eigenvalue weighted by Crippen LogP contribution is 2.24. The quantitative estimate of drug-likeness (QED) is 0.833. The van der Waals surface area contributed by atoms with E-state index < -0.39 is 11.9 Å². The van der Waals surface area contributed by atoms with E-state index >= 15 is 0 Å². The Morgan fingerprint density at radius 1 is 1.18 bits per heavy atom. The first kappa shape index (κ1) is 16.1. The molecule has 0 aromatic heterocycles. The number of hydrogen-bond donors (Lipinski definition) is 1. The van der Waals surface area contributed by atoms with Gasteiger partial charge < -0.3 is 9.84 Å². The lowest BCUT2D eigenvalue weighted by molar-refractivity contribution is -0.139. The molecule has 0 heterocycles. The van der Waals surface area contributed by atoms with E-state index in [2.05, 4.69) is 13.0 Å². The summed E-state index contributed by atoms with van der Waals surface area (Å²) < 4.78 is 5.73. The van der Waals surface area contributed by atoms with Crippen molar-refractivity contribution in [2.75, 3.05) is 6.61 Å². The van der Waals surface area contributed by atoms with Gasteiger partial charge in [0.25, 0.3) is 0 Å². The van der Waals surface area contributed by atoms with E-state index in [-0.39, 0.29) is 0 Å². The number of hydrogen-bond acceptors (Lipinski definition) is 2. The zero-order chi connectivity index (χ0) is 15.9. The van der Waals surface area contributed by atoms with E-state index in [1.807, 2.05) is 49.4 Å². The molecule has 22 heavy (non-hydrogen) atoms. The summed E-state index contributed by atoms with van der Waals surface area (Å²) in [5, 5.41) is 9.47. The molecule has 116 valence electrons. The standard InChI is InChI=1S/C19H22O3/c1-3-15-8-6-9-16(13-15)22-12-11-18(19(20)21)17-10-5-4-7-14(17)2/h4-10,13,18H,3,11-12H2,1-2H3,(H,20,21). The van der Waals surface area contributed by atoms with E-state index in [1.165, 1.54) is 5.56 Å². The highest BCUT2D eigenvalue weighted by molar-refractivity contribution is 5.76. The summed E-state index contributed by atoms with van der Waals surface area (Å²) in [7, 11) is 0. The predicted molar refractivity (Wildman–Crippen MR) is 87.5 cm³/mol. The van der Waals surface area contributed by atoms with Gasteiger partial charge in [-0.15, -0.1) is 0 Å². The topological polar surface area (TPSA) is 46.5 Å². The van der Waals surface area contributed by atoms with E-state index in [4.69, 9.17) is 4.74 Å². The van der Waals surface area contributed by atoms with Crippen molar-refractivity contribution in [3.8, 4) is 5.75 Å². The number of ether oxygens (including phenoxy) is 1. The second-order valence-corrected chi connectivity index (χ2v) is 5.39. The molecule has 0 bridgehead atoms. The summed E-state index contributed by atoms with van der Waals surface area (Å²) in [6.07, 6.45) is 1.41. The number of carboxylic acid groups (broad SMARTS) is 1. The SMILES string of the molecule is CCc1cccc(OCCC(C(=O)O)c2ccccc2C)c1. The van der Waals surface area contributed by atoms with Gasteiger partial charge >= 0.3 is 5.97 Å². The minimum Gasteiger partial charge on any atom is -0.494 e. The van der Waals surface area contributed by atoms with Gasteiger partial charge in [-0.05, 0) is 48.6 Å². The van der Waals surface area contributed by atoms with Gasteiger partial charge in [-0.3, -0.25) is 4.79 Å². The Hall–Kier alpha value is -2.29. The second-order valence-electron chi connectivity index (χ2n) is 5.39. The molecule has 0 saturated heterocycles. The number of carbonyl (C=O) groups is 1. The zero-order valence-corrected chi connectivity index (χ0v) is 13.1. The van der Waals surface area contributed by atoms with E-state index in [1.54, 1.807) is 0 Å². The van der Waals surface area contributed by atoms with Crippen molar-refractivity contribution in [3.05, 3.63) is 65.2 Å². The Morgan fingerprint density at radius 2 is 1.95 bits per heavy atom. The van der Waals surface area contributed by atoms with Crippen LogP contribution in [0.25, 0.3) is 0 Å². The van der Waals surface area contributed by atoms with Crippen LogP contribution in [0.4, 0.5) is 0 Å². The van der Waals surface area contributed by atoms with Crippen molar-refractivity contribution in [2.45, 2.75) is 32.6 Å². The maximum absolute atomic E-state index is 11.5. The smallest absolute Gasteiger partial charge is 0.311 e. The van der Waals surface area contributed by atoms with Crippen LogP contribution < -0.4 is 4.74 Å². The van der Waals surface area contributed by atoms with Crippen LogP contribution in [-0.4, -0.2) is 17.7 Å². The van der Waals surface area contributed by atoms with Crippen LogP contribution in [0.5, 0.6) is 5.75 Å². The first-order valence-corrected chi connectivity index (χ1v) is 7.62. The van der Waals surface area contributed by atoms with Gasteiger partial charge in [-0.1, -0.05) is 43.3 Å². The maximum atomic E-state index is 11.5. The Balaban J connectivity index is 2.01. The largest absolute Gasteiger partial charge is 0.494 e. The lowest BCUT2D eigenvalue weighted by Crippen LogP contribution is -2.16. The lowest BCUT2D eigenvalue weighted by atomic mass is 9.92. The first-order chi connectivity index (χ1) is 10.6. The summed E-state index contributed by atoms with van der Waals surface area (Å²) in [5.41, 5.74) is 3.08. The van der Waals surface area contributed by atoms with Gasteiger partial charge in [0.2, 0.25) is 0 Å². The molecule has 1 unspecified atom stereocenters. The van der Waals surface area contributed by atoms with Gasteiger partial charge in [0.1, 0.15) is 5.75 Å². The third-order valence-corrected chi connectivity index (χ3v) is 3.84. The molecule has 1 atom stereocenters. The van der Waals surface area contributed by atoms with Crippen LogP contribution in [0, 0.1) is 6.92 Å². The predicted octanol–water partition coefficient (Wildman–Crippen LogP) is 4.19. The molecule has 3 nitrogen and oxygen atoms in total. The molecule has 0 aliphatic heterocycles. The van der Waals surface area contributed by atoms with E-state index in [9.17, 15) is 9.90 Å². The zero-order valence-electron chi connectivity index (χ0n) is 13.1. The van der Waals surface area contributed by atoms with Gasteiger partial charge in [0.15, 0.2) is 0 Å². The molecule has 2 aromatic carbocycles. The number of rotatable bonds is 7. The van der Waals surface area contributed by atoms with Crippen LogP contribution in [-0.2, 0) is 11.2 Å². The molecule has 2 aromatic rings. The van der Waals surface area contributed by atoms with Crippen molar-refractivity contribution in [3.63, 3.8) is 0 Å². The Bertz CT molecular complexity index is 634. The van der Waals surface area contributed by atoms with Crippen LogP contribution in [0.2, 0.25) is 0 Å². The summed E-state index contributed by atoms with van der Waals surface area (Å²) in [5.74, 6) is -0.538. The van der Waals surface area contributed by atoms with Crippen molar-refractivity contribution in [2.24, 2.45) is 0 Å². The average Bonchev–Trinajstić information content (AvgIpc) is 2.52. The molecule has 0 fully saturated rings. The minimum atomic E-state index is -0.805. The molecule has 0 spiro atoms. The van der Waals surface area contributed by atoms with Gasteiger partial charge in [0, 0.05) is 0 Å². The molecule has 0 amide bonds. The van der Waals surface area contributed by atoms with E-state index in [0.717, 1.165) is 23.3 Å². The van der Waals surface area contributed by atoms with Crippen molar-refractivity contribution >= 4 is 5.97 Å². The second kappa shape index (κ2) is 7.64. The molecule has 2 rings (SSSR count). The van der Waals surface area contributed by atoms with Gasteiger partial charge in [0.05, 0.1) is 12.5 Å². The fourth-order valence-electron chi connectivity index (χ4n) is 2.54. The number of carboxylic acids is 1. The normalized spacial score (nSPS) is 11.9. The van der Waals surface area contributed by atoms with Crippen LogP contribution in [0.15, 0.2) is 48.5 Å². The number of benzene rings is 2. The highest BCUT2D eigenvalue weighted by atomic mass is 16.5. The Morgan fingerprint density at radius 3 is 2.64 bits per heavy atom. The molecule has 0 aliphatic rings. The highest BCUT2D eigenvalue weighted by Gasteiger charge is 2.21. The fraction of sp³-hybridized carbons (Fsp3) is 0.316. The van der Waals surface area contributed by atoms with Crippen molar-refractivity contribution in [1.29, 1.82) is 0 Å². The van der Waals surface area contributed by atoms with E-state index in [0.29, 0.717) is 13.0 Å². The molecular weight excluding hydrogens is 276 g/mol. The summed E-state index contributed by atoms with van der Waals surface area (Å²) in [6.45, 7) is 4.42. The molecule has 0 radical (unpaired) electrons. The van der Waals surface area contributed by atoms with Gasteiger partial charge in [-0.25, -0.2) is 0 Å².